The molecule has 3 aromatic rings. The first-order valence-electron chi connectivity index (χ1n) is 11.8. The molecule has 0 aliphatic carbocycles. The standard InChI is InChI=1S/C27H32FN3.2ClH/c28-23-10-11-26-24(19-23)25(20-29-26)21-12-17-30(18-13-21)14-4-1-5-15-31-16-6-8-22-7-2-3-9-27(22)31;;/h2-3,7,9-12,19-20,29H,1,4-6,8,13-18H2;2*1H. The molecule has 0 atom stereocenters. The Morgan fingerprint density at radius 2 is 1.76 bits per heavy atom. The van der Waals surface area contributed by atoms with Crippen molar-refractivity contribution in [1.82, 2.24) is 9.88 Å². The molecule has 2 aromatic carbocycles. The monoisotopic (exact) mass is 489 g/mol. The number of hydrogen-bond acceptors (Lipinski definition) is 2. The van der Waals surface area contributed by atoms with Crippen LogP contribution in [-0.4, -0.2) is 42.6 Å². The maximum absolute atomic E-state index is 13.7. The zero-order valence-corrected chi connectivity index (χ0v) is 20.7. The first-order chi connectivity index (χ1) is 15.3. The highest BCUT2D eigenvalue weighted by Crippen LogP contribution is 2.30. The van der Waals surface area contributed by atoms with Crippen molar-refractivity contribution >= 4 is 47.0 Å². The number of fused-ring (bicyclic) bond motifs is 2. The van der Waals surface area contributed by atoms with Crippen LogP contribution in [0.2, 0.25) is 0 Å². The van der Waals surface area contributed by atoms with E-state index in [0.717, 1.165) is 36.0 Å². The fourth-order valence-corrected chi connectivity index (χ4v) is 5.18. The van der Waals surface area contributed by atoms with E-state index in [4.69, 9.17) is 0 Å². The lowest BCUT2D eigenvalue weighted by Crippen LogP contribution is -2.31. The highest BCUT2D eigenvalue weighted by molar-refractivity contribution is 5.92. The van der Waals surface area contributed by atoms with Crippen LogP contribution in [0.3, 0.4) is 0 Å². The van der Waals surface area contributed by atoms with Crippen LogP contribution in [0.5, 0.6) is 0 Å². The summed E-state index contributed by atoms with van der Waals surface area (Å²) in [5.41, 5.74) is 6.49. The third-order valence-corrected chi connectivity index (χ3v) is 6.89. The average Bonchev–Trinajstić information content (AvgIpc) is 3.22. The molecular weight excluding hydrogens is 456 g/mol. The van der Waals surface area contributed by atoms with Gasteiger partial charge in [0.05, 0.1) is 0 Å². The highest BCUT2D eigenvalue weighted by Gasteiger charge is 2.17. The number of halogens is 3. The summed E-state index contributed by atoms with van der Waals surface area (Å²) in [6, 6.07) is 13.9. The molecule has 33 heavy (non-hydrogen) atoms. The van der Waals surface area contributed by atoms with Crippen LogP contribution in [0.15, 0.2) is 54.7 Å². The first kappa shape index (κ1) is 25.6. The normalized spacial score (nSPS) is 16.0. The number of rotatable bonds is 7. The number of nitrogens with one attached hydrogen (secondary N) is 1. The molecule has 0 unspecified atom stereocenters. The van der Waals surface area contributed by atoms with Crippen LogP contribution in [0.1, 0.15) is 43.2 Å². The minimum absolute atomic E-state index is 0. The Kier molecular flexibility index (Phi) is 9.25. The zero-order chi connectivity index (χ0) is 21.0. The molecule has 178 valence electrons. The lowest BCUT2D eigenvalue weighted by Gasteiger charge is -2.31. The molecule has 3 nitrogen and oxygen atoms in total. The van der Waals surface area contributed by atoms with Gasteiger partial charge in [-0.15, -0.1) is 24.8 Å². The number of aryl methyl sites for hydroxylation is 1. The summed E-state index contributed by atoms with van der Waals surface area (Å²) >= 11 is 0. The predicted octanol–water partition coefficient (Wildman–Crippen LogP) is 6.86. The Morgan fingerprint density at radius 3 is 2.61 bits per heavy atom. The largest absolute Gasteiger partial charge is 0.371 e. The average molecular weight is 490 g/mol. The number of para-hydroxylation sites is 1. The van der Waals surface area contributed by atoms with Gasteiger partial charge < -0.3 is 9.88 Å². The van der Waals surface area contributed by atoms with Gasteiger partial charge in [0.2, 0.25) is 0 Å². The van der Waals surface area contributed by atoms with Gasteiger partial charge in [-0.1, -0.05) is 30.7 Å². The van der Waals surface area contributed by atoms with E-state index in [2.05, 4.69) is 45.1 Å². The number of H-pyrrole nitrogens is 1. The van der Waals surface area contributed by atoms with Gasteiger partial charge in [0, 0.05) is 54.5 Å². The Labute approximate surface area is 208 Å². The van der Waals surface area contributed by atoms with Gasteiger partial charge in [-0.2, -0.15) is 0 Å². The Balaban J connectivity index is 0.00000153. The molecule has 1 N–H and O–H groups in total. The number of benzene rings is 2. The molecule has 0 saturated carbocycles. The van der Waals surface area contributed by atoms with E-state index in [9.17, 15) is 4.39 Å². The van der Waals surface area contributed by atoms with Gasteiger partial charge in [-0.3, -0.25) is 4.90 Å². The SMILES string of the molecule is Cl.Cl.Fc1ccc2[nH]cc(C3=CCN(CCCCCN4CCCc5ccccc54)CC3)c2c1. The van der Waals surface area contributed by atoms with E-state index in [1.165, 1.54) is 74.6 Å². The third-order valence-electron chi connectivity index (χ3n) is 6.89. The summed E-state index contributed by atoms with van der Waals surface area (Å²) in [4.78, 5) is 8.41. The maximum atomic E-state index is 13.7. The number of anilines is 1. The summed E-state index contributed by atoms with van der Waals surface area (Å²) in [5.74, 6) is -0.167. The summed E-state index contributed by atoms with van der Waals surface area (Å²) in [5, 5.41) is 0.999. The lowest BCUT2D eigenvalue weighted by atomic mass is 9.98. The van der Waals surface area contributed by atoms with Gasteiger partial charge >= 0.3 is 0 Å². The second kappa shape index (κ2) is 11.9. The van der Waals surface area contributed by atoms with Crippen LogP contribution < -0.4 is 4.90 Å². The molecule has 2 aliphatic heterocycles. The number of aromatic amines is 1. The van der Waals surface area contributed by atoms with Crippen LogP contribution in [0.4, 0.5) is 10.1 Å². The van der Waals surface area contributed by atoms with Crippen molar-refractivity contribution in [2.75, 3.05) is 37.6 Å². The second-order valence-corrected chi connectivity index (χ2v) is 8.95. The van der Waals surface area contributed by atoms with E-state index in [1.807, 2.05) is 12.3 Å². The first-order valence-corrected chi connectivity index (χ1v) is 11.8. The minimum atomic E-state index is -0.167. The quantitative estimate of drug-likeness (QED) is 0.366. The van der Waals surface area contributed by atoms with Crippen LogP contribution in [0.25, 0.3) is 16.5 Å². The van der Waals surface area contributed by atoms with Crippen molar-refractivity contribution in [2.24, 2.45) is 0 Å². The molecular formula is C27H34Cl2FN3. The summed E-state index contributed by atoms with van der Waals surface area (Å²) in [6.45, 7) is 5.64. The van der Waals surface area contributed by atoms with Gasteiger partial charge in [0.25, 0.3) is 0 Å². The van der Waals surface area contributed by atoms with Gasteiger partial charge in [0.1, 0.15) is 5.82 Å². The Morgan fingerprint density at radius 1 is 0.909 bits per heavy atom. The smallest absolute Gasteiger partial charge is 0.123 e. The molecule has 1 aromatic heterocycles. The predicted molar refractivity (Wildman–Crippen MR) is 143 cm³/mol. The van der Waals surface area contributed by atoms with Gasteiger partial charge in [-0.05, 0) is 74.1 Å². The van der Waals surface area contributed by atoms with Crippen molar-refractivity contribution in [1.29, 1.82) is 0 Å². The number of unbranched alkanes of at least 4 members (excludes halogenated alkanes) is 2. The zero-order valence-electron chi connectivity index (χ0n) is 19.1. The molecule has 0 radical (unpaired) electrons. The maximum Gasteiger partial charge on any atom is 0.123 e. The van der Waals surface area contributed by atoms with Crippen molar-refractivity contribution in [3.05, 3.63) is 71.7 Å². The third kappa shape index (κ3) is 5.92. The number of aromatic nitrogens is 1. The number of nitrogens with zero attached hydrogens (tertiary/aromatic N) is 2. The summed E-state index contributed by atoms with van der Waals surface area (Å²) in [7, 11) is 0. The van der Waals surface area contributed by atoms with Gasteiger partial charge in [0.15, 0.2) is 0 Å². The van der Waals surface area contributed by atoms with E-state index in [0.29, 0.717) is 0 Å². The molecule has 6 heteroatoms. The number of hydrogen-bond donors (Lipinski definition) is 1. The molecule has 5 rings (SSSR count). The summed E-state index contributed by atoms with van der Waals surface area (Å²) in [6.07, 6.45) is 11.7. The van der Waals surface area contributed by atoms with Crippen molar-refractivity contribution < 1.29 is 4.39 Å². The molecule has 2 aliphatic rings. The van der Waals surface area contributed by atoms with E-state index < -0.39 is 0 Å². The molecule has 0 fully saturated rings. The van der Waals surface area contributed by atoms with E-state index >= 15 is 0 Å². The molecule has 0 saturated heterocycles. The Bertz CT molecular complexity index is 1080. The van der Waals surface area contributed by atoms with Crippen LogP contribution in [-0.2, 0) is 6.42 Å². The molecule has 0 bridgehead atoms. The molecule has 3 heterocycles. The van der Waals surface area contributed by atoms with Crippen molar-refractivity contribution in [3.63, 3.8) is 0 Å². The molecule has 0 amide bonds. The second-order valence-electron chi connectivity index (χ2n) is 8.95. The van der Waals surface area contributed by atoms with Crippen molar-refractivity contribution in [3.8, 4) is 0 Å². The lowest BCUT2D eigenvalue weighted by molar-refractivity contribution is 0.294. The van der Waals surface area contributed by atoms with E-state index in [1.54, 1.807) is 6.07 Å². The Hall–Kier alpha value is -2.01. The fraction of sp³-hybridized carbons (Fsp3) is 0.407. The van der Waals surface area contributed by atoms with Gasteiger partial charge in [-0.25, -0.2) is 4.39 Å². The fourth-order valence-electron chi connectivity index (χ4n) is 5.18. The van der Waals surface area contributed by atoms with Crippen LogP contribution >= 0.6 is 24.8 Å². The summed E-state index contributed by atoms with van der Waals surface area (Å²) < 4.78 is 13.7. The topological polar surface area (TPSA) is 22.3 Å². The van der Waals surface area contributed by atoms with Crippen LogP contribution in [0, 0.1) is 5.82 Å². The minimum Gasteiger partial charge on any atom is -0.371 e. The highest BCUT2D eigenvalue weighted by atomic mass is 35.5. The van der Waals surface area contributed by atoms with Crippen molar-refractivity contribution in [2.45, 2.75) is 38.5 Å². The van der Waals surface area contributed by atoms with E-state index in [-0.39, 0.29) is 30.6 Å². The molecule has 0 spiro atoms.